The predicted octanol–water partition coefficient (Wildman–Crippen LogP) is 8.91. The Balaban J connectivity index is 1.62. The highest BCUT2D eigenvalue weighted by Crippen LogP contribution is 2.43. The van der Waals surface area contributed by atoms with Crippen LogP contribution < -0.4 is 0 Å². The Morgan fingerprint density at radius 2 is 0.750 bits per heavy atom. The van der Waals surface area contributed by atoms with Gasteiger partial charge in [-0.05, 0) is 84.4 Å². The van der Waals surface area contributed by atoms with Crippen molar-refractivity contribution in [2.24, 2.45) is 0 Å². The zero-order valence-electron chi connectivity index (χ0n) is 25.1. The van der Waals surface area contributed by atoms with Gasteiger partial charge >= 0.3 is 0 Å². The number of fused-ring (bicyclic) bond motifs is 6. The van der Waals surface area contributed by atoms with E-state index in [2.05, 4.69) is 39.5 Å². The fourth-order valence-corrected chi connectivity index (χ4v) is 6.83. The molecule has 8 rings (SSSR count). The molecule has 0 bridgehead atoms. The molecule has 218 valence electrons. The number of para-hydroxylation sites is 2. The van der Waals surface area contributed by atoms with E-state index in [1.165, 1.54) is 0 Å². The Morgan fingerprint density at radius 1 is 0.354 bits per heavy atom. The average Bonchev–Trinajstić information content (AvgIpc) is 3.65. The van der Waals surface area contributed by atoms with Crippen LogP contribution in [0.2, 0.25) is 0 Å². The molecule has 2 aromatic heterocycles. The van der Waals surface area contributed by atoms with E-state index < -0.39 is 0 Å². The van der Waals surface area contributed by atoms with E-state index >= 15 is 0 Å². The molecule has 6 aromatic carbocycles. The Morgan fingerprint density at radius 3 is 1.19 bits per heavy atom. The number of hydrogen-bond acceptors (Lipinski definition) is 5. The fourth-order valence-electron chi connectivity index (χ4n) is 6.83. The number of rotatable bonds is 3. The first-order chi connectivity index (χ1) is 23.6. The van der Waals surface area contributed by atoms with E-state index in [1.54, 1.807) is 30.3 Å². The molecular weight excluding hydrogens is 591 g/mol. The molecule has 7 nitrogen and oxygen atoms in total. The number of hydrogen-bond donors (Lipinski definition) is 0. The van der Waals surface area contributed by atoms with Crippen LogP contribution in [0.4, 0.5) is 0 Å². The van der Waals surface area contributed by atoms with Gasteiger partial charge in [-0.1, -0.05) is 36.4 Å². The van der Waals surface area contributed by atoms with Gasteiger partial charge < -0.3 is 9.13 Å². The summed E-state index contributed by atoms with van der Waals surface area (Å²) in [4.78, 5) is 0. The molecule has 0 saturated heterocycles. The lowest BCUT2D eigenvalue weighted by Crippen LogP contribution is -2.05. The summed E-state index contributed by atoms with van der Waals surface area (Å²) in [5, 5.41) is 53.6. The van der Waals surface area contributed by atoms with Crippen LogP contribution in [0.5, 0.6) is 0 Å². The summed E-state index contributed by atoms with van der Waals surface area (Å²) in [5.74, 6) is 0. The third kappa shape index (κ3) is 4.10. The second-order valence-electron chi connectivity index (χ2n) is 11.4. The SMILES string of the molecule is N#Cc1cc(C#N)cc(-c2c(-n3c4ccccc4c4cc(C#N)ccc43)cc(C#N)cc2-n2c3ccccc3c3cc(C#N)ccc32)c1. The summed E-state index contributed by atoms with van der Waals surface area (Å²) >= 11 is 0. The summed E-state index contributed by atoms with van der Waals surface area (Å²) in [6.07, 6.45) is 0. The number of nitriles is 5. The van der Waals surface area contributed by atoms with Gasteiger partial charge in [0.25, 0.3) is 0 Å². The van der Waals surface area contributed by atoms with Crippen molar-refractivity contribution in [1.82, 2.24) is 9.13 Å². The van der Waals surface area contributed by atoms with Crippen molar-refractivity contribution in [3.05, 3.63) is 143 Å². The van der Waals surface area contributed by atoms with E-state index in [0.717, 1.165) is 43.6 Å². The zero-order chi connectivity index (χ0) is 32.9. The molecule has 8 aromatic rings. The monoisotopic (exact) mass is 609 g/mol. The highest BCUT2D eigenvalue weighted by Gasteiger charge is 2.24. The fraction of sp³-hybridized carbons (Fsp3) is 0. The van der Waals surface area contributed by atoms with E-state index in [0.29, 0.717) is 50.3 Å². The predicted molar refractivity (Wildman–Crippen MR) is 184 cm³/mol. The van der Waals surface area contributed by atoms with Crippen LogP contribution in [0.3, 0.4) is 0 Å². The minimum Gasteiger partial charge on any atom is -0.308 e. The van der Waals surface area contributed by atoms with Gasteiger partial charge in [-0.3, -0.25) is 0 Å². The maximum Gasteiger partial charge on any atom is 0.0993 e. The molecule has 0 saturated carbocycles. The van der Waals surface area contributed by atoms with Gasteiger partial charge in [-0.25, -0.2) is 0 Å². The highest BCUT2D eigenvalue weighted by atomic mass is 15.0. The van der Waals surface area contributed by atoms with Crippen LogP contribution >= 0.6 is 0 Å². The van der Waals surface area contributed by atoms with Gasteiger partial charge in [-0.15, -0.1) is 0 Å². The average molecular weight is 610 g/mol. The van der Waals surface area contributed by atoms with Crippen molar-refractivity contribution < 1.29 is 0 Å². The Bertz CT molecular complexity index is 2720. The van der Waals surface area contributed by atoms with Gasteiger partial charge in [0.1, 0.15) is 0 Å². The third-order valence-corrected chi connectivity index (χ3v) is 8.79. The van der Waals surface area contributed by atoms with Crippen molar-refractivity contribution in [3.8, 4) is 52.8 Å². The molecule has 0 spiro atoms. The molecule has 0 unspecified atom stereocenters. The van der Waals surface area contributed by atoms with Crippen molar-refractivity contribution in [3.63, 3.8) is 0 Å². The summed E-state index contributed by atoms with van der Waals surface area (Å²) < 4.78 is 4.16. The molecule has 0 radical (unpaired) electrons. The smallest absolute Gasteiger partial charge is 0.0993 e. The summed E-state index contributed by atoms with van der Waals surface area (Å²) in [7, 11) is 0. The largest absolute Gasteiger partial charge is 0.308 e. The van der Waals surface area contributed by atoms with E-state index in [-0.39, 0.29) is 0 Å². The second kappa shape index (κ2) is 10.8. The Labute approximate surface area is 274 Å². The quantitative estimate of drug-likeness (QED) is 0.197. The molecule has 0 aliphatic carbocycles. The highest BCUT2D eigenvalue weighted by molar-refractivity contribution is 6.12. The third-order valence-electron chi connectivity index (χ3n) is 8.79. The maximum atomic E-state index is 10.5. The molecule has 0 atom stereocenters. The van der Waals surface area contributed by atoms with E-state index in [1.807, 2.05) is 84.9 Å². The molecule has 0 amide bonds. The van der Waals surface area contributed by atoms with Crippen LogP contribution in [-0.4, -0.2) is 9.13 Å². The van der Waals surface area contributed by atoms with Gasteiger partial charge in [0, 0.05) is 27.1 Å². The van der Waals surface area contributed by atoms with Gasteiger partial charge in [0.2, 0.25) is 0 Å². The van der Waals surface area contributed by atoms with Crippen molar-refractivity contribution >= 4 is 43.6 Å². The number of aromatic nitrogens is 2. The van der Waals surface area contributed by atoms with Crippen molar-refractivity contribution in [2.75, 3.05) is 0 Å². The van der Waals surface area contributed by atoms with E-state index in [9.17, 15) is 26.3 Å². The minimum absolute atomic E-state index is 0.326. The minimum atomic E-state index is 0.326. The number of nitrogens with zero attached hydrogens (tertiary/aromatic N) is 7. The van der Waals surface area contributed by atoms with Crippen LogP contribution in [0.15, 0.2) is 115 Å². The van der Waals surface area contributed by atoms with Crippen LogP contribution in [0, 0.1) is 56.7 Å². The van der Waals surface area contributed by atoms with E-state index in [4.69, 9.17) is 0 Å². The second-order valence-corrected chi connectivity index (χ2v) is 11.4. The van der Waals surface area contributed by atoms with Crippen LogP contribution in [0.1, 0.15) is 27.8 Å². The summed E-state index contributed by atoms with van der Waals surface area (Å²) in [6.45, 7) is 0. The first kappa shape index (κ1) is 27.9. The number of benzene rings is 6. The van der Waals surface area contributed by atoms with Crippen molar-refractivity contribution in [1.29, 1.82) is 26.3 Å². The Kier molecular flexibility index (Phi) is 6.26. The normalized spacial score (nSPS) is 10.8. The molecular formula is C41H19N7. The lowest BCUT2D eigenvalue weighted by atomic mass is 9.95. The molecule has 0 N–H and O–H groups in total. The molecule has 0 fully saturated rings. The van der Waals surface area contributed by atoms with Crippen molar-refractivity contribution in [2.45, 2.75) is 0 Å². The zero-order valence-corrected chi connectivity index (χ0v) is 25.1. The summed E-state index contributed by atoms with van der Waals surface area (Å²) in [5.41, 5.74) is 8.15. The molecule has 0 aliphatic heterocycles. The molecule has 7 heteroatoms. The molecule has 0 aliphatic rings. The van der Waals surface area contributed by atoms with Crippen LogP contribution in [0.25, 0.3) is 66.1 Å². The lowest BCUT2D eigenvalue weighted by molar-refractivity contribution is 1.13. The van der Waals surface area contributed by atoms with Gasteiger partial charge in [0.15, 0.2) is 0 Å². The van der Waals surface area contributed by atoms with Crippen LogP contribution in [-0.2, 0) is 0 Å². The standard InChI is InChI=1S/C41H19N7/c42-20-25-9-11-37-33(16-25)31-5-1-3-7-35(31)47(37)39-18-29(24-46)19-40(41(39)30-14-27(22-44)13-28(15-30)23-45)48-36-8-4-2-6-32(36)34-17-26(21-43)10-12-38(34)48/h1-19H. The first-order valence-electron chi connectivity index (χ1n) is 15.0. The lowest BCUT2D eigenvalue weighted by Gasteiger charge is -2.21. The maximum absolute atomic E-state index is 10.5. The van der Waals surface area contributed by atoms with Gasteiger partial charge in [0.05, 0.1) is 91.6 Å². The first-order valence-corrected chi connectivity index (χ1v) is 15.0. The van der Waals surface area contributed by atoms with Gasteiger partial charge in [-0.2, -0.15) is 26.3 Å². The Hall–Kier alpha value is -7.63. The molecule has 48 heavy (non-hydrogen) atoms. The summed E-state index contributed by atoms with van der Waals surface area (Å²) in [6, 6.07) is 46.9. The molecule has 2 heterocycles. The topological polar surface area (TPSA) is 129 Å².